The van der Waals surface area contributed by atoms with E-state index in [1.807, 2.05) is 17.0 Å². The van der Waals surface area contributed by atoms with Crippen LogP contribution in [0.15, 0.2) is 48.5 Å². The van der Waals surface area contributed by atoms with Crippen molar-refractivity contribution < 1.29 is 9.53 Å². The van der Waals surface area contributed by atoms with Crippen LogP contribution in [0.3, 0.4) is 0 Å². The standard InChI is InChI=1S/C21H26N2O2/c1-3-17-4-6-18(7-5-17)16-21(24)23-14-12-22(13-15-23)19-8-10-20(25-2)11-9-19/h4-11H,3,12-16H2,1-2H3. The van der Waals surface area contributed by atoms with Gasteiger partial charge in [-0.2, -0.15) is 0 Å². The lowest BCUT2D eigenvalue weighted by Gasteiger charge is -2.36. The molecule has 0 spiro atoms. The minimum Gasteiger partial charge on any atom is -0.497 e. The normalized spacial score (nSPS) is 14.5. The van der Waals surface area contributed by atoms with E-state index < -0.39 is 0 Å². The molecule has 0 aliphatic carbocycles. The predicted octanol–water partition coefficient (Wildman–Crippen LogP) is 3.15. The molecule has 2 aromatic carbocycles. The summed E-state index contributed by atoms with van der Waals surface area (Å²) in [6.45, 7) is 5.43. The summed E-state index contributed by atoms with van der Waals surface area (Å²) in [6.07, 6.45) is 1.52. The topological polar surface area (TPSA) is 32.8 Å². The Bertz CT molecular complexity index is 687. The van der Waals surface area contributed by atoms with E-state index in [2.05, 4.69) is 48.2 Å². The summed E-state index contributed by atoms with van der Waals surface area (Å²) in [7, 11) is 1.68. The SMILES string of the molecule is CCc1ccc(CC(=O)N2CCN(c3ccc(OC)cc3)CC2)cc1. The number of piperazine rings is 1. The Morgan fingerprint density at radius 1 is 0.920 bits per heavy atom. The fraction of sp³-hybridized carbons (Fsp3) is 0.381. The first-order valence-corrected chi connectivity index (χ1v) is 8.94. The smallest absolute Gasteiger partial charge is 0.227 e. The zero-order valence-corrected chi connectivity index (χ0v) is 15.1. The van der Waals surface area contributed by atoms with Crippen LogP contribution >= 0.6 is 0 Å². The van der Waals surface area contributed by atoms with Crippen molar-refractivity contribution in [3.05, 3.63) is 59.7 Å². The van der Waals surface area contributed by atoms with Gasteiger partial charge in [-0.25, -0.2) is 0 Å². The van der Waals surface area contributed by atoms with Gasteiger partial charge < -0.3 is 14.5 Å². The molecule has 0 aromatic heterocycles. The molecule has 0 radical (unpaired) electrons. The molecule has 0 saturated carbocycles. The number of carbonyl (C=O) groups excluding carboxylic acids is 1. The summed E-state index contributed by atoms with van der Waals surface area (Å²) < 4.78 is 5.20. The average molecular weight is 338 g/mol. The highest BCUT2D eigenvalue weighted by Gasteiger charge is 2.21. The van der Waals surface area contributed by atoms with Crippen LogP contribution < -0.4 is 9.64 Å². The van der Waals surface area contributed by atoms with Gasteiger partial charge in [-0.15, -0.1) is 0 Å². The highest BCUT2D eigenvalue weighted by molar-refractivity contribution is 5.79. The van der Waals surface area contributed by atoms with Gasteiger partial charge in [-0.1, -0.05) is 31.2 Å². The molecule has 1 amide bonds. The van der Waals surface area contributed by atoms with Gasteiger partial charge in [0.2, 0.25) is 5.91 Å². The molecule has 0 bridgehead atoms. The molecule has 25 heavy (non-hydrogen) atoms. The predicted molar refractivity (Wildman–Crippen MR) is 101 cm³/mol. The van der Waals surface area contributed by atoms with Crippen molar-refractivity contribution in [3.63, 3.8) is 0 Å². The highest BCUT2D eigenvalue weighted by Crippen LogP contribution is 2.20. The molecule has 2 aromatic rings. The van der Waals surface area contributed by atoms with E-state index in [0.717, 1.165) is 43.9 Å². The minimum atomic E-state index is 0.221. The van der Waals surface area contributed by atoms with Crippen LogP contribution in [-0.2, 0) is 17.6 Å². The molecular formula is C21H26N2O2. The van der Waals surface area contributed by atoms with E-state index in [-0.39, 0.29) is 5.91 Å². The van der Waals surface area contributed by atoms with Gasteiger partial charge >= 0.3 is 0 Å². The molecule has 0 N–H and O–H groups in total. The van der Waals surface area contributed by atoms with Gasteiger partial charge in [0.05, 0.1) is 13.5 Å². The second-order valence-electron chi connectivity index (χ2n) is 6.41. The number of ether oxygens (including phenoxy) is 1. The second kappa shape index (κ2) is 8.06. The maximum Gasteiger partial charge on any atom is 0.227 e. The van der Waals surface area contributed by atoms with Crippen LogP contribution in [0.5, 0.6) is 5.75 Å². The molecular weight excluding hydrogens is 312 g/mol. The number of methoxy groups -OCH3 is 1. The van der Waals surface area contributed by atoms with E-state index in [9.17, 15) is 4.79 Å². The first kappa shape index (κ1) is 17.3. The summed E-state index contributed by atoms with van der Waals surface area (Å²) in [5.74, 6) is 1.09. The average Bonchev–Trinajstić information content (AvgIpc) is 2.69. The quantitative estimate of drug-likeness (QED) is 0.840. The Balaban J connectivity index is 1.52. The third-order valence-electron chi connectivity index (χ3n) is 4.86. The number of amides is 1. The number of carbonyl (C=O) groups is 1. The number of nitrogens with zero attached hydrogens (tertiary/aromatic N) is 2. The number of aryl methyl sites for hydroxylation is 1. The maximum absolute atomic E-state index is 12.5. The lowest BCUT2D eigenvalue weighted by Crippen LogP contribution is -2.49. The van der Waals surface area contributed by atoms with Crippen LogP contribution in [0.1, 0.15) is 18.1 Å². The summed E-state index contributed by atoms with van der Waals surface area (Å²) in [6, 6.07) is 16.5. The monoisotopic (exact) mass is 338 g/mol. The van der Waals surface area contributed by atoms with Gasteiger partial charge in [0.25, 0.3) is 0 Å². The largest absolute Gasteiger partial charge is 0.497 e. The van der Waals surface area contributed by atoms with Gasteiger partial charge in [-0.3, -0.25) is 4.79 Å². The van der Waals surface area contributed by atoms with Crippen LogP contribution in [0, 0.1) is 0 Å². The summed E-state index contributed by atoms with van der Waals surface area (Å²) in [4.78, 5) is 16.8. The van der Waals surface area contributed by atoms with Crippen LogP contribution in [-0.4, -0.2) is 44.1 Å². The second-order valence-corrected chi connectivity index (χ2v) is 6.41. The Morgan fingerprint density at radius 2 is 1.52 bits per heavy atom. The first-order valence-electron chi connectivity index (χ1n) is 8.94. The number of hydrogen-bond donors (Lipinski definition) is 0. The van der Waals surface area contributed by atoms with E-state index in [4.69, 9.17) is 4.74 Å². The fourth-order valence-electron chi connectivity index (χ4n) is 3.19. The maximum atomic E-state index is 12.5. The Kier molecular flexibility index (Phi) is 5.59. The van der Waals surface area contributed by atoms with Crippen LogP contribution in [0.2, 0.25) is 0 Å². The third-order valence-corrected chi connectivity index (χ3v) is 4.86. The minimum absolute atomic E-state index is 0.221. The molecule has 4 heteroatoms. The van der Waals surface area contributed by atoms with Crippen molar-refractivity contribution in [2.75, 3.05) is 38.2 Å². The zero-order valence-electron chi connectivity index (χ0n) is 15.1. The lowest BCUT2D eigenvalue weighted by molar-refractivity contribution is -0.130. The molecule has 4 nitrogen and oxygen atoms in total. The number of hydrogen-bond acceptors (Lipinski definition) is 3. The Morgan fingerprint density at radius 3 is 2.08 bits per heavy atom. The highest BCUT2D eigenvalue weighted by atomic mass is 16.5. The summed E-state index contributed by atoms with van der Waals surface area (Å²) >= 11 is 0. The molecule has 1 saturated heterocycles. The Hall–Kier alpha value is -2.49. The van der Waals surface area contributed by atoms with Crippen molar-refractivity contribution in [1.82, 2.24) is 4.90 Å². The first-order chi connectivity index (χ1) is 12.2. The van der Waals surface area contributed by atoms with Crippen molar-refractivity contribution in [3.8, 4) is 5.75 Å². The molecule has 1 heterocycles. The van der Waals surface area contributed by atoms with Gasteiger partial charge in [-0.05, 0) is 41.8 Å². The molecule has 132 valence electrons. The Labute approximate surface area is 150 Å². The molecule has 0 atom stereocenters. The third kappa shape index (κ3) is 4.32. The molecule has 1 aliphatic heterocycles. The number of benzene rings is 2. The fourth-order valence-corrected chi connectivity index (χ4v) is 3.19. The molecule has 0 unspecified atom stereocenters. The van der Waals surface area contributed by atoms with Gasteiger partial charge in [0, 0.05) is 31.9 Å². The summed E-state index contributed by atoms with van der Waals surface area (Å²) in [5.41, 5.74) is 3.59. The molecule has 3 rings (SSSR count). The van der Waals surface area contributed by atoms with Gasteiger partial charge in [0.1, 0.15) is 5.75 Å². The van der Waals surface area contributed by atoms with Crippen molar-refractivity contribution in [2.24, 2.45) is 0 Å². The van der Waals surface area contributed by atoms with Crippen LogP contribution in [0.25, 0.3) is 0 Å². The summed E-state index contributed by atoms with van der Waals surface area (Å²) in [5, 5.41) is 0. The van der Waals surface area contributed by atoms with E-state index in [1.165, 1.54) is 11.3 Å². The van der Waals surface area contributed by atoms with Gasteiger partial charge in [0.15, 0.2) is 0 Å². The van der Waals surface area contributed by atoms with E-state index in [0.29, 0.717) is 6.42 Å². The van der Waals surface area contributed by atoms with Crippen molar-refractivity contribution in [1.29, 1.82) is 0 Å². The zero-order chi connectivity index (χ0) is 17.6. The lowest BCUT2D eigenvalue weighted by atomic mass is 10.1. The van der Waals surface area contributed by atoms with E-state index >= 15 is 0 Å². The number of rotatable bonds is 5. The van der Waals surface area contributed by atoms with Crippen LogP contribution in [0.4, 0.5) is 5.69 Å². The van der Waals surface area contributed by atoms with Crippen molar-refractivity contribution >= 4 is 11.6 Å². The number of anilines is 1. The molecule has 1 fully saturated rings. The molecule has 1 aliphatic rings. The van der Waals surface area contributed by atoms with Crippen molar-refractivity contribution in [2.45, 2.75) is 19.8 Å². The van der Waals surface area contributed by atoms with E-state index in [1.54, 1.807) is 7.11 Å².